The van der Waals surface area contributed by atoms with Gasteiger partial charge in [-0.3, -0.25) is 0 Å². The highest BCUT2D eigenvalue weighted by atomic mass is 32.2. The quantitative estimate of drug-likeness (QED) is 0.471. The van der Waals surface area contributed by atoms with Crippen molar-refractivity contribution in [1.82, 2.24) is 0 Å². The molecule has 0 spiro atoms. The first-order valence-corrected chi connectivity index (χ1v) is 7.94. The first-order valence-electron chi connectivity index (χ1n) is 5.49. The highest BCUT2D eigenvalue weighted by Crippen LogP contribution is 2.52. The van der Waals surface area contributed by atoms with Gasteiger partial charge in [-0.25, -0.2) is 4.79 Å². The van der Waals surface area contributed by atoms with Gasteiger partial charge in [-0.2, -0.15) is 4.99 Å². The van der Waals surface area contributed by atoms with Gasteiger partial charge >= 0.3 is 0 Å². The fourth-order valence-electron chi connectivity index (χ4n) is 2.06. The SMILES string of the molecule is CSc1cc(C2(N=C=O)CC2)c(SC)cc1C. The largest absolute Gasteiger partial charge is 0.235 e. The lowest BCUT2D eigenvalue weighted by Gasteiger charge is -2.16. The standard InChI is InChI=1S/C13H15NOS2/c1-9-6-12(17-3)10(7-11(9)16-2)13(4-5-13)14-8-15/h6-7H,4-5H2,1-3H3. The molecule has 1 aliphatic rings. The molecule has 0 aromatic heterocycles. The van der Waals surface area contributed by atoms with Crippen LogP contribution in [-0.2, 0) is 10.3 Å². The molecule has 0 heterocycles. The summed E-state index contributed by atoms with van der Waals surface area (Å²) in [5, 5.41) is 0. The van der Waals surface area contributed by atoms with Crippen LogP contribution in [0.3, 0.4) is 0 Å². The molecule has 4 heteroatoms. The second kappa shape index (κ2) is 4.89. The summed E-state index contributed by atoms with van der Waals surface area (Å²) in [5.41, 5.74) is 2.22. The summed E-state index contributed by atoms with van der Waals surface area (Å²) in [6, 6.07) is 4.39. The Morgan fingerprint density at radius 2 is 1.88 bits per heavy atom. The number of isocyanates is 1. The molecule has 90 valence electrons. The average molecular weight is 265 g/mol. The summed E-state index contributed by atoms with van der Waals surface area (Å²) in [6.45, 7) is 2.12. The molecule has 17 heavy (non-hydrogen) atoms. The van der Waals surface area contributed by atoms with Gasteiger partial charge in [-0.05, 0) is 55.5 Å². The molecule has 0 amide bonds. The van der Waals surface area contributed by atoms with Crippen LogP contribution in [0.5, 0.6) is 0 Å². The Hall–Kier alpha value is -0.700. The average Bonchev–Trinajstić information content (AvgIpc) is 3.10. The number of benzene rings is 1. The van der Waals surface area contributed by atoms with E-state index in [-0.39, 0.29) is 5.54 Å². The van der Waals surface area contributed by atoms with E-state index in [1.54, 1.807) is 29.6 Å². The lowest BCUT2D eigenvalue weighted by Crippen LogP contribution is -2.05. The third-order valence-corrected chi connectivity index (χ3v) is 4.86. The minimum absolute atomic E-state index is 0.266. The Labute approximate surface area is 110 Å². The Kier molecular flexibility index (Phi) is 3.67. The maximum Gasteiger partial charge on any atom is 0.235 e. The summed E-state index contributed by atoms with van der Waals surface area (Å²) < 4.78 is 0. The lowest BCUT2D eigenvalue weighted by atomic mass is 10.0. The zero-order valence-corrected chi connectivity index (χ0v) is 11.9. The highest BCUT2D eigenvalue weighted by Gasteiger charge is 2.46. The predicted molar refractivity (Wildman–Crippen MR) is 73.8 cm³/mol. The molecule has 2 rings (SSSR count). The van der Waals surface area contributed by atoms with Crippen LogP contribution in [0.15, 0.2) is 26.9 Å². The highest BCUT2D eigenvalue weighted by molar-refractivity contribution is 7.99. The summed E-state index contributed by atoms with van der Waals surface area (Å²) in [7, 11) is 0. The number of carbonyl (C=O) groups excluding carboxylic acids is 1. The van der Waals surface area contributed by atoms with Crippen LogP contribution >= 0.6 is 23.5 Å². The van der Waals surface area contributed by atoms with Crippen LogP contribution in [0.2, 0.25) is 0 Å². The van der Waals surface area contributed by atoms with E-state index in [2.05, 4.69) is 36.6 Å². The third-order valence-electron chi connectivity index (χ3n) is 3.20. The fraction of sp³-hybridized carbons (Fsp3) is 0.462. The minimum Gasteiger partial charge on any atom is -0.211 e. The smallest absolute Gasteiger partial charge is 0.211 e. The molecule has 0 saturated heterocycles. The first-order chi connectivity index (χ1) is 8.16. The van der Waals surface area contributed by atoms with Crippen LogP contribution < -0.4 is 0 Å². The topological polar surface area (TPSA) is 29.4 Å². The van der Waals surface area contributed by atoms with Crippen LogP contribution in [0.4, 0.5) is 0 Å². The molecule has 0 unspecified atom stereocenters. The van der Waals surface area contributed by atoms with E-state index in [1.807, 2.05) is 0 Å². The number of hydrogen-bond acceptors (Lipinski definition) is 4. The lowest BCUT2D eigenvalue weighted by molar-refractivity contribution is 0.555. The number of thioether (sulfide) groups is 2. The zero-order chi connectivity index (χ0) is 12.5. The van der Waals surface area contributed by atoms with E-state index in [1.165, 1.54) is 20.9 Å². The van der Waals surface area contributed by atoms with Crippen molar-refractivity contribution in [3.05, 3.63) is 23.3 Å². The number of aryl methyl sites for hydroxylation is 1. The maximum absolute atomic E-state index is 10.6. The molecular weight excluding hydrogens is 250 g/mol. The number of aliphatic imine (C=N–C) groups is 1. The molecule has 0 aliphatic heterocycles. The Morgan fingerprint density at radius 3 is 2.35 bits per heavy atom. The van der Waals surface area contributed by atoms with Gasteiger partial charge in [0.1, 0.15) is 0 Å². The molecular formula is C13H15NOS2. The van der Waals surface area contributed by atoms with Crippen molar-refractivity contribution in [1.29, 1.82) is 0 Å². The second-order valence-corrected chi connectivity index (χ2v) is 5.95. The van der Waals surface area contributed by atoms with Crippen LogP contribution in [0, 0.1) is 6.92 Å². The molecule has 1 aromatic carbocycles. The molecule has 1 aliphatic carbocycles. The van der Waals surface area contributed by atoms with Crippen LogP contribution in [0.1, 0.15) is 24.0 Å². The Bertz CT molecular complexity index is 488. The van der Waals surface area contributed by atoms with Gasteiger partial charge < -0.3 is 0 Å². The summed E-state index contributed by atoms with van der Waals surface area (Å²) >= 11 is 3.46. The van der Waals surface area contributed by atoms with Crippen molar-refractivity contribution in [3.63, 3.8) is 0 Å². The maximum atomic E-state index is 10.6. The van der Waals surface area contributed by atoms with E-state index >= 15 is 0 Å². The van der Waals surface area contributed by atoms with Gasteiger partial charge in [0.15, 0.2) is 0 Å². The molecule has 2 nitrogen and oxygen atoms in total. The Morgan fingerprint density at radius 1 is 1.24 bits per heavy atom. The molecule has 1 fully saturated rings. The van der Waals surface area contributed by atoms with Crippen molar-refractivity contribution in [2.75, 3.05) is 12.5 Å². The number of nitrogens with zero attached hydrogens (tertiary/aromatic N) is 1. The van der Waals surface area contributed by atoms with Gasteiger partial charge in [0.25, 0.3) is 0 Å². The minimum atomic E-state index is -0.266. The Balaban J connectivity index is 2.55. The summed E-state index contributed by atoms with van der Waals surface area (Å²) in [5.74, 6) is 0. The number of rotatable bonds is 4. The summed E-state index contributed by atoms with van der Waals surface area (Å²) in [4.78, 5) is 17.1. The van der Waals surface area contributed by atoms with Crippen molar-refractivity contribution < 1.29 is 4.79 Å². The molecule has 1 aromatic rings. The zero-order valence-electron chi connectivity index (χ0n) is 10.2. The van der Waals surface area contributed by atoms with Gasteiger partial charge in [0.05, 0.1) is 5.54 Å². The van der Waals surface area contributed by atoms with E-state index in [0.29, 0.717) is 0 Å². The van der Waals surface area contributed by atoms with E-state index in [0.717, 1.165) is 12.8 Å². The van der Waals surface area contributed by atoms with Gasteiger partial charge in [-0.15, -0.1) is 23.5 Å². The molecule has 0 atom stereocenters. The van der Waals surface area contributed by atoms with E-state index in [4.69, 9.17) is 0 Å². The second-order valence-electron chi connectivity index (χ2n) is 4.26. The molecule has 0 N–H and O–H groups in total. The van der Waals surface area contributed by atoms with Crippen molar-refractivity contribution >= 4 is 29.6 Å². The first kappa shape index (κ1) is 12.7. The van der Waals surface area contributed by atoms with Crippen LogP contribution in [0.25, 0.3) is 0 Å². The summed E-state index contributed by atoms with van der Waals surface area (Å²) in [6.07, 6.45) is 7.81. The van der Waals surface area contributed by atoms with Crippen molar-refractivity contribution in [3.8, 4) is 0 Å². The molecule has 1 saturated carbocycles. The van der Waals surface area contributed by atoms with Gasteiger partial charge in [-0.1, -0.05) is 0 Å². The third kappa shape index (κ3) is 2.30. The van der Waals surface area contributed by atoms with Crippen LogP contribution in [-0.4, -0.2) is 18.6 Å². The molecule has 0 bridgehead atoms. The van der Waals surface area contributed by atoms with Gasteiger partial charge in [0, 0.05) is 9.79 Å². The van der Waals surface area contributed by atoms with Gasteiger partial charge in [0.2, 0.25) is 6.08 Å². The monoisotopic (exact) mass is 265 g/mol. The van der Waals surface area contributed by atoms with Crippen molar-refractivity contribution in [2.45, 2.75) is 35.1 Å². The number of hydrogen-bond donors (Lipinski definition) is 0. The van der Waals surface area contributed by atoms with Crippen molar-refractivity contribution in [2.24, 2.45) is 4.99 Å². The predicted octanol–water partition coefficient (Wildman–Crippen LogP) is 3.76. The normalized spacial score (nSPS) is 16.4. The van der Waals surface area contributed by atoms with E-state index in [9.17, 15) is 4.79 Å². The van der Waals surface area contributed by atoms with E-state index < -0.39 is 0 Å². The molecule has 0 radical (unpaired) electrons. The fourth-order valence-corrected chi connectivity index (χ4v) is 3.44.